The molecule has 18 heavy (non-hydrogen) atoms. The van der Waals surface area contributed by atoms with Gasteiger partial charge in [-0.3, -0.25) is 5.10 Å². The molecule has 1 aromatic carbocycles. The second kappa shape index (κ2) is 6.33. The first kappa shape index (κ1) is 12.8. The molecule has 0 aliphatic carbocycles. The van der Waals surface area contributed by atoms with Crippen molar-refractivity contribution in [3.8, 4) is 11.3 Å². The minimum Gasteiger partial charge on any atom is -0.396 e. The second-order valence-electron chi connectivity index (χ2n) is 4.43. The number of rotatable bonds is 6. The lowest BCUT2D eigenvalue weighted by Crippen LogP contribution is -2.26. The number of nitrogens with one attached hydrogen (secondary N) is 2. The Kier molecular flexibility index (Phi) is 4.50. The third-order valence-electron chi connectivity index (χ3n) is 2.98. The second-order valence-corrected chi connectivity index (χ2v) is 4.43. The van der Waals surface area contributed by atoms with Gasteiger partial charge >= 0.3 is 0 Å². The van der Waals surface area contributed by atoms with Crippen molar-refractivity contribution in [1.82, 2.24) is 15.5 Å². The van der Waals surface area contributed by atoms with Crippen LogP contribution < -0.4 is 5.32 Å². The van der Waals surface area contributed by atoms with Crippen LogP contribution in [-0.4, -0.2) is 28.0 Å². The van der Waals surface area contributed by atoms with Gasteiger partial charge in [-0.05, 0) is 18.9 Å². The van der Waals surface area contributed by atoms with Crippen molar-refractivity contribution < 1.29 is 5.11 Å². The number of benzene rings is 1. The molecular formula is C14H19N3O. The van der Waals surface area contributed by atoms with Crippen LogP contribution in [0.2, 0.25) is 0 Å². The maximum atomic E-state index is 8.87. The smallest absolute Gasteiger partial charge is 0.0695 e. The summed E-state index contributed by atoms with van der Waals surface area (Å²) in [5.74, 6) is 0. The molecule has 1 heterocycles. The molecule has 4 heteroatoms. The van der Waals surface area contributed by atoms with E-state index in [4.69, 9.17) is 5.11 Å². The first-order chi connectivity index (χ1) is 8.81. The van der Waals surface area contributed by atoms with Crippen molar-refractivity contribution in [2.45, 2.75) is 25.9 Å². The fourth-order valence-electron chi connectivity index (χ4n) is 1.88. The van der Waals surface area contributed by atoms with Crippen LogP contribution in [0.25, 0.3) is 11.3 Å². The molecule has 0 bridgehead atoms. The van der Waals surface area contributed by atoms with Gasteiger partial charge in [-0.2, -0.15) is 5.10 Å². The van der Waals surface area contributed by atoms with Crippen LogP contribution in [0.15, 0.2) is 36.5 Å². The van der Waals surface area contributed by atoms with Gasteiger partial charge in [0.1, 0.15) is 0 Å². The highest BCUT2D eigenvalue weighted by Crippen LogP contribution is 2.20. The fraction of sp³-hybridized carbons (Fsp3) is 0.357. The van der Waals surface area contributed by atoms with Gasteiger partial charge < -0.3 is 10.4 Å². The van der Waals surface area contributed by atoms with Gasteiger partial charge in [-0.1, -0.05) is 30.3 Å². The number of nitrogens with zero attached hydrogens (tertiary/aromatic N) is 1. The molecule has 0 saturated heterocycles. The van der Waals surface area contributed by atoms with E-state index in [-0.39, 0.29) is 6.61 Å². The standard InChI is InChI=1S/C14H19N3O/c1-11(7-8-18)15-9-13-10-16-17-14(13)12-5-3-2-4-6-12/h2-6,10-11,15,18H,7-9H2,1H3,(H,16,17). The molecule has 0 aliphatic heterocycles. The molecule has 2 aromatic rings. The number of aliphatic hydroxyl groups is 1. The first-order valence-electron chi connectivity index (χ1n) is 6.23. The van der Waals surface area contributed by atoms with Crippen LogP contribution in [0.4, 0.5) is 0 Å². The number of hydrogen-bond acceptors (Lipinski definition) is 3. The highest BCUT2D eigenvalue weighted by Gasteiger charge is 2.08. The number of aromatic amines is 1. The van der Waals surface area contributed by atoms with Crippen LogP contribution in [0.3, 0.4) is 0 Å². The van der Waals surface area contributed by atoms with Gasteiger partial charge in [0, 0.05) is 24.8 Å². The molecule has 1 atom stereocenters. The lowest BCUT2D eigenvalue weighted by molar-refractivity contribution is 0.268. The molecule has 0 saturated carbocycles. The van der Waals surface area contributed by atoms with Crippen LogP contribution in [0.5, 0.6) is 0 Å². The summed E-state index contributed by atoms with van der Waals surface area (Å²) in [6, 6.07) is 10.5. The molecule has 96 valence electrons. The third kappa shape index (κ3) is 3.18. The summed E-state index contributed by atoms with van der Waals surface area (Å²) in [6.07, 6.45) is 2.61. The average molecular weight is 245 g/mol. The Bertz CT molecular complexity index is 467. The molecule has 4 nitrogen and oxygen atoms in total. The molecule has 0 radical (unpaired) electrons. The van der Waals surface area contributed by atoms with Crippen molar-refractivity contribution in [2.24, 2.45) is 0 Å². The van der Waals surface area contributed by atoms with E-state index in [1.54, 1.807) is 0 Å². The number of aromatic nitrogens is 2. The Hall–Kier alpha value is -1.65. The summed E-state index contributed by atoms with van der Waals surface area (Å²) in [5, 5.41) is 19.4. The average Bonchev–Trinajstić information content (AvgIpc) is 2.86. The summed E-state index contributed by atoms with van der Waals surface area (Å²) >= 11 is 0. The van der Waals surface area contributed by atoms with Crippen molar-refractivity contribution in [1.29, 1.82) is 0 Å². The first-order valence-corrected chi connectivity index (χ1v) is 6.23. The normalized spacial score (nSPS) is 12.6. The Morgan fingerprint density at radius 2 is 2.11 bits per heavy atom. The van der Waals surface area contributed by atoms with Gasteiger partial charge in [0.05, 0.1) is 11.9 Å². The Morgan fingerprint density at radius 3 is 2.83 bits per heavy atom. The number of aliphatic hydroxyl groups excluding tert-OH is 1. The van der Waals surface area contributed by atoms with Gasteiger partial charge in [-0.15, -0.1) is 0 Å². The minimum atomic E-state index is 0.213. The van der Waals surface area contributed by atoms with Crippen LogP contribution >= 0.6 is 0 Å². The largest absolute Gasteiger partial charge is 0.396 e. The molecular weight excluding hydrogens is 226 g/mol. The van der Waals surface area contributed by atoms with Gasteiger partial charge in [-0.25, -0.2) is 0 Å². The van der Waals surface area contributed by atoms with Gasteiger partial charge in [0.15, 0.2) is 0 Å². The molecule has 2 rings (SSSR count). The van der Waals surface area contributed by atoms with Crippen molar-refractivity contribution in [3.63, 3.8) is 0 Å². The van der Waals surface area contributed by atoms with Crippen LogP contribution in [-0.2, 0) is 6.54 Å². The Balaban J connectivity index is 2.05. The Morgan fingerprint density at radius 1 is 1.33 bits per heavy atom. The lowest BCUT2D eigenvalue weighted by atomic mass is 10.1. The predicted octanol–water partition coefficient (Wildman–Crippen LogP) is 1.94. The van der Waals surface area contributed by atoms with Crippen molar-refractivity contribution >= 4 is 0 Å². The maximum absolute atomic E-state index is 8.87. The zero-order valence-corrected chi connectivity index (χ0v) is 10.6. The summed E-state index contributed by atoms with van der Waals surface area (Å²) in [4.78, 5) is 0. The van der Waals surface area contributed by atoms with E-state index in [1.807, 2.05) is 24.4 Å². The van der Waals surface area contributed by atoms with E-state index in [0.717, 1.165) is 29.8 Å². The minimum absolute atomic E-state index is 0.213. The zero-order valence-electron chi connectivity index (χ0n) is 10.6. The third-order valence-corrected chi connectivity index (χ3v) is 2.98. The van der Waals surface area contributed by atoms with Crippen LogP contribution in [0.1, 0.15) is 18.9 Å². The molecule has 0 amide bonds. The Labute approximate surface area is 107 Å². The highest BCUT2D eigenvalue weighted by atomic mass is 16.3. The number of H-pyrrole nitrogens is 1. The molecule has 0 fully saturated rings. The van der Waals surface area contributed by atoms with E-state index >= 15 is 0 Å². The van der Waals surface area contributed by atoms with E-state index in [2.05, 4.69) is 34.6 Å². The molecule has 1 unspecified atom stereocenters. The molecule has 0 aliphatic rings. The number of hydrogen-bond donors (Lipinski definition) is 3. The van der Waals surface area contributed by atoms with Gasteiger partial charge in [0.2, 0.25) is 0 Å². The quantitative estimate of drug-likeness (QED) is 0.729. The highest BCUT2D eigenvalue weighted by molar-refractivity contribution is 5.62. The molecule has 3 N–H and O–H groups in total. The summed E-state index contributed by atoms with van der Waals surface area (Å²) < 4.78 is 0. The van der Waals surface area contributed by atoms with E-state index < -0.39 is 0 Å². The van der Waals surface area contributed by atoms with E-state index in [1.165, 1.54) is 0 Å². The van der Waals surface area contributed by atoms with E-state index in [0.29, 0.717) is 6.04 Å². The topological polar surface area (TPSA) is 60.9 Å². The summed E-state index contributed by atoms with van der Waals surface area (Å²) in [7, 11) is 0. The lowest BCUT2D eigenvalue weighted by Gasteiger charge is -2.12. The predicted molar refractivity (Wildman–Crippen MR) is 72.0 cm³/mol. The molecule has 0 spiro atoms. The fourth-order valence-corrected chi connectivity index (χ4v) is 1.88. The van der Waals surface area contributed by atoms with Crippen molar-refractivity contribution in [3.05, 3.63) is 42.1 Å². The van der Waals surface area contributed by atoms with Gasteiger partial charge in [0.25, 0.3) is 0 Å². The van der Waals surface area contributed by atoms with Crippen LogP contribution in [0, 0.1) is 0 Å². The van der Waals surface area contributed by atoms with Crippen molar-refractivity contribution in [2.75, 3.05) is 6.61 Å². The monoisotopic (exact) mass is 245 g/mol. The SMILES string of the molecule is CC(CCO)NCc1cn[nH]c1-c1ccccc1. The van der Waals surface area contributed by atoms with E-state index in [9.17, 15) is 0 Å². The zero-order chi connectivity index (χ0) is 12.8. The summed E-state index contributed by atoms with van der Waals surface area (Å²) in [5.41, 5.74) is 3.34. The maximum Gasteiger partial charge on any atom is 0.0695 e. The summed E-state index contributed by atoms with van der Waals surface area (Å²) in [6.45, 7) is 3.03. The molecule has 1 aromatic heterocycles.